The van der Waals surface area contributed by atoms with Gasteiger partial charge in [0.1, 0.15) is 0 Å². The van der Waals surface area contributed by atoms with Gasteiger partial charge in [-0.05, 0) is 0 Å². The summed E-state index contributed by atoms with van der Waals surface area (Å²) in [7, 11) is -3.48. The molecular weight excluding hydrogens is 396 g/mol. The molecule has 0 atom stereocenters. The van der Waals surface area contributed by atoms with Crippen LogP contribution >= 0.6 is 0 Å². The van der Waals surface area contributed by atoms with Gasteiger partial charge in [0, 0.05) is 8.07 Å². The first-order valence-corrected chi connectivity index (χ1v) is 21.4. The quantitative estimate of drug-likeness (QED) is 0.301. The van der Waals surface area contributed by atoms with E-state index in [1.807, 2.05) is 0 Å². The third-order valence-electron chi connectivity index (χ3n) is 4.40. The molecule has 2 rings (SSSR count). The van der Waals surface area contributed by atoms with E-state index in [-0.39, 0.29) is 21.7 Å². The van der Waals surface area contributed by atoms with Crippen LogP contribution in [0.1, 0.15) is 64.2 Å². The molecule has 2 fully saturated rings. The van der Waals surface area contributed by atoms with Gasteiger partial charge in [0.05, 0.1) is 0 Å². The topological polar surface area (TPSA) is 0 Å². The van der Waals surface area contributed by atoms with Crippen molar-refractivity contribution in [2.45, 2.75) is 123 Å². The van der Waals surface area contributed by atoms with Crippen LogP contribution in [0.5, 0.6) is 0 Å². The zero-order chi connectivity index (χ0) is 19.6. The van der Waals surface area contributed by atoms with Gasteiger partial charge in [0.2, 0.25) is 0 Å². The maximum absolute atomic E-state index is 3.85. The van der Waals surface area contributed by atoms with Gasteiger partial charge < -0.3 is 16.9 Å². The average molecular weight is 445 g/mol. The number of allylic oxidation sites excluding steroid dienone is 1. The standard InChI is InChI=1S/C12H28Si3.2C5H10.Ti/c1-13(2,3)10-12(15(7,8)9)11-14(4,5)6;2*1-2-4-5-3-1;/h10H,1-9H3;2*1-5H2;/q-2;;;+4. The molecule has 0 aromatic carbocycles. The molecule has 0 unspecified atom stereocenters. The minimum absolute atomic E-state index is 0. The molecular formula is C22H48Si3Ti+2. The number of hydrogen-bond acceptors (Lipinski definition) is 0. The Labute approximate surface area is 185 Å². The summed E-state index contributed by atoms with van der Waals surface area (Å²) < 4.78 is 0. The predicted molar refractivity (Wildman–Crippen MR) is 127 cm³/mol. The third kappa shape index (κ3) is 19.7. The zero-order valence-corrected chi connectivity index (χ0v) is 24.2. The van der Waals surface area contributed by atoms with Crippen molar-refractivity contribution in [3.63, 3.8) is 0 Å². The molecule has 0 bridgehead atoms. The van der Waals surface area contributed by atoms with Gasteiger partial charge in [-0.2, -0.15) is 0 Å². The van der Waals surface area contributed by atoms with Crippen LogP contribution in [0.25, 0.3) is 0 Å². The van der Waals surface area contributed by atoms with Gasteiger partial charge in [-0.1, -0.05) is 131 Å². The molecule has 0 heterocycles. The van der Waals surface area contributed by atoms with E-state index < -0.39 is 24.2 Å². The maximum Gasteiger partial charge on any atom is 4.00 e. The first-order chi connectivity index (χ1) is 11.3. The van der Waals surface area contributed by atoms with Crippen LogP contribution in [0.2, 0.25) is 58.9 Å². The first-order valence-electron chi connectivity index (χ1n) is 10.8. The Morgan fingerprint density at radius 3 is 1.00 bits per heavy atom. The Bertz CT molecular complexity index is 337. The second-order valence-corrected chi connectivity index (χ2v) is 25.9. The Morgan fingerprint density at radius 1 is 0.577 bits per heavy atom. The fraction of sp³-hybridized carbons (Fsp3) is 0.864. The van der Waals surface area contributed by atoms with Crippen LogP contribution in [0.3, 0.4) is 0 Å². The summed E-state index contributed by atoms with van der Waals surface area (Å²) in [5, 5.41) is 1.60. The molecule has 0 radical (unpaired) electrons. The average Bonchev–Trinajstić information content (AvgIpc) is 3.13. The molecule has 0 spiro atoms. The van der Waals surface area contributed by atoms with Gasteiger partial charge in [0.25, 0.3) is 0 Å². The van der Waals surface area contributed by atoms with E-state index in [0.29, 0.717) is 0 Å². The van der Waals surface area contributed by atoms with E-state index in [9.17, 15) is 0 Å². The van der Waals surface area contributed by atoms with Crippen molar-refractivity contribution >= 4 is 24.2 Å². The molecule has 0 amide bonds. The van der Waals surface area contributed by atoms with Crippen molar-refractivity contribution in [2.75, 3.05) is 0 Å². The van der Waals surface area contributed by atoms with E-state index in [4.69, 9.17) is 0 Å². The summed E-state index contributed by atoms with van der Waals surface area (Å²) in [6, 6.07) is 2.58. The minimum atomic E-state index is -1.19. The molecule has 2 saturated carbocycles. The molecule has 150 valence electrons. The van der Waals surface area contributed by atoms with Crippen LogP contribution in [0.4, 0.5) is 0 Å². The fourth-order valence-electron chi connectivity index (χ4n) is 3.04. The Kier molecular flexibility index (Phi) is 15.8. The molecule has 0 aliphatic heterocycles. The largest absolute Gasteiger partial charge is 4.00 e. The van der Waals surface area contributed by atoms with Crippen LogP contribution in [0, 0.1) is 11.7 Å². The van der Waals surface area contributed by atoms with E-state index >= 15 is 0 Å². The predicted octanol–water partition coefficient (Wildman–Crippen LogP) is 8.45. The molecule has 0 aromatic rings. The maximum atomic E-state index is 3.85. The van der Waals surface area contributed by atoms with Gasteiger partial charge in [-0.15, -0.1) is 8.07 Å². The van der Waals surface area contributed by atoms with E-state index in [1.54, 1.807) is 5.20 Å². The van der Waals surface area contributed by atoms with Crippen molar-refractivity contribution in [3.05, 3.63) is 16.9 Å². The molecule has 2 aliphatic rings. The summed E-state index contributed by atoms with van der Waals surface area (Å²) in [5.41, 5.74) is 3.85. The molecule has 0 aromatic heterocycles. The SMILES string of the molecule is C1CCCC1.C1CCCC1.C[Si](C)(C)[C-]=C([CH-][Si](C)(C)C)[Si](C)(C)C.[Ti+4]. The molecule has 0 nitrogen and oxygen atoms in total. The summed E-state index contributed by atoms with van der Waals surface area (Å²) in [6.07, 6.45) is 15.0. The van der Waals surface area contributed by atoms with Gasteiger partial charge in [-0.25, -0.2) is 0 Å². The Hall–Kier alpha value is 0.975. The van der Waals surface area contributed by atoms with Crippen molar-refractivity contribution in [2.24, 2.45) is 0 Å². The summed E-state index contributed by atoms with van der Waals surface area (Å²) in [4.78, 5) is 0. The Morgan fingerprint density at radius 2 is 0.846 bits per heavy atom. The summed E-state index contributed by atoms with van der Waals surface area (Å²) >= 11 is 0. The minimum Gasteiger partial charge on any atom is -0.533 e. The number of hydrogen-bond donors (Lipinski definition) is 0. The fourth-order valence-corrected chi connectivity index (χ4v) is 10.7. The van der Waals surface area contributed by atoms with Crippen molar-refractivity contribution in [1.82, 2.24) is 0 Å². The van der Waals surface area contributed by atoms with Crippen LogP contribution in [0.15, 0.2) is 5.20 Å². The van der Waals surface area contributed by atoms with Gasteiger partial charge in [0.15, 0.2) is 0 Å². The summed E-state index contributed by atoms with van der Waals surface area (Å²) in [6.45, 7) is 21.7. The normalized spacial score (nSPS) is 18.1. The van der Waals surface area contributed by atoms with Crippen molar-refractivity contribution in [1.29, 1.82) is 0 Å². The third-order valence-corrected chi connectivity index (χ3v) is 8.99. The second kappa shape index (κ2) is 14.0. The molecule has 4 heteroatoms. The molecule has 2 aliphatic carbocycles. The van der Waals surface area contributed by atoms with Gasteiger partial charge in [-0.3, -0.25) is 0 Å². The number of rotatable bonds is 4. The van der Waals surface area contributed by atoms with E-state index in [0.717, 1.165) is 0 Å². The van der Waals surface area contributed by atoms with Crippen LogP contribution < -0.4 is 0 Å². The Balaban J connectivity index is 0. The van der Waals surface area contributed by atoms with E-state index in [2.05, 4.69) is 70.7 Å². The van der Waals surface area contributed by atoms with Crippen molar-refractivity contribution < 1.29 is 21.7 Å². The van der Waals surface area contributed by atoms with Crippen LogP contribution in [-0.4, -0.2) is 24.2 Å². The van der Waals surface area contributed by atoms with Crippen LogP contribution in [-0.2, 0) is 21.7 Å². The molecule has 0 saturated heterocycles. The smallest absolute Gasteiger partial charge is 0.533 e. The molecule has 0 N–H and O–H groups in total. The molecule has 26 heavy (non-hydrogen) atoms. The second-order valence-electron chi connectivity index (χ2n) is 11.1. The first kappa shape index (κ1) is 29.2. The van der Waals surface area contributed by atoms with Gasteiger partial charge >= 0.3 is 21.7 Å². The summed E-state index contributed by atoms with van der Waals surface area (Å²) in [5.74, 6) is 0. The zero-order valence-electron chi connectivity index (χ0n) is 19.6. The van der Waals surface area contributed by atoms with E-state index in [1.165, 1.54) is 64.2 Å². The monoisotopic (exact) mass is 444 g/mol. The van der Waals surface area contributed by atoms with Crippen molar-refractivity contribution in [3.8, 4) is 0 Å².